The fraction of sp³-hybridized carbons (Fsp3) is 0.160. The number of halogens is 3. The Morgan fingerprint density at radius 1 is 0.971 bits per heavy atom. The first-order chi connectivity index (χ1) is 16.0. The molecule has 176 valence electrons. The van der Waals surface area contributed by atoms with Crippen LogP contribution >= 0.6 is 0 Å². The predicted octanol–water partition coefficient (Wildman–Crippen LogP) is 6.20. The summed E-state index contributed by atoms with van der Waals surface area (Å²) >= 11 is 0. The molecule has 4 rings (SSSR count). The van der Waals surface area contributed by atoms with Crippen LogP contribution in [-0.2, 0) is 28.2 Å². The zero-order valence-electron chi connectivity index (χ0n) is 18.1. The summed E-state index contributed by atoms with van der Waals surface area (Å²) < 4.78 is 64.9. The zero-order chi connectivity index (χ0) is 24.5. The first kappa shape index (κ1) is 23.6. The van der Waals surface area contributed by atoms with Crippen molar-refractivity contribution in [2.24, 2.45) is 0 Å². The van der Waals surface area contributed by atoms with Gasteiger partial charge in [-0.3, -0.25) is 0 Å². The third kappa shape index (κ3) is 5.31. The van der Waals surface area contributed by atoms with Gasteiger partial charge in [0.15, 0.2) is 9.84 Å². The number of carbonyl (C=O) groups is 1. The van der Waals surface area contributed by atoms with Gasteiger partial charge in [-0.1, -0.05) is 42.5 Å². The molecule has 5 nitrogen and oxygen atoms in total. The van der Waals surface area contributed by atoms with Crippen LogP contribution in [0, 0.1) is 6.92 Å². The lowest BCUT2D eigenvalue weighted by Crippen LogP contribution is -2.20. The van der Waals surface area contributed by atoms with E-state index in [1.54, 1.807) is 19.1 Å². The van der Waals surface area contributed by atoms with E-state index in [4.69, 9.17) is 0 Å². The smallest absolute Gasteiger partial charge is 0.308 e. The van der Waals surface area contributed by atoms with Gasteiger partial charge in [-0.15, -0.1) is 0 Å². The second-order valence-corrected chi connectivity index (χ2v) is 9.99. The zero-order valence-corrected chi connectivity index (χ0v) is 18.9. The topological polar surface area (TPSA) is 75.3 Å². The lowest BCUT2D eigenvalue weighted by Gasteiger charge is -2.13. The summed E-state index contributed by atoms with van der Waals surface area (Å²) in [4.78, 5) is 12.4. The molecule has 1 aliphatic carbocycles. The van der Waals surface area contributed by atoms with Crippen molar-refractivity contribution in [1.29, 1.82) is 0 Å². The maximum absolute atomic E-state index is 13.1. The summed E-state index contributed by atoms with van der Waals surface area (Å²) in [6, 6.07) is 13.4. The van der Waals surface area contributed by atoms with E-state index in [-0.39, 0.29) is 22.0 Å². The summed E-state index contributed by atoms with van der Waals surface area (Å²) in [6.45, 7) is 1.66. The maximum Gasteiger partial charge on any atom is 0.416 e. The lowest BCUT2D eigenvalue weighted by molar-refractivity contribution is -0.137. The van der Waals surface area contributed by atoms with E-state index in [1.165, 1.54) is 24.3 Å². The standard InChI is InChI=1S/C25H21F3N2O3S/c1-16-8-11-22(30-24(31)29-21-7-3-6-20(13-21)25(26,27)28)14-23(16)34(32,33)15-17-9-10-18-4-2-5-19(18)12-17/h2-4,6-14H,5,15H2,1H3,(H2,29,30,31). The van der Waals surface area contributed by atoms with Gasteiger partial charge >= 0.3 is 12.2 Å². The Kier molecular flexibility index (Phi) is 6.22. The molecule has 9 heteroatoms. The van der Waals surface area contributed by atoms with Crippen LogP contribution in [0.2, 0.25) is 0 Å². The van der Waals surface area contributed by atoms with Gasteiger partial charge in [-0.2, -0.15) is 13.2 Å². The number of urea groups is 1. The number of fused-ring (bicyclic) bond motifs is 1. The molecule has 0 spiro atoms. The molecule has 0 fully saturated rings. The van der Waals surface area contributed by atoms with Crippen molar-refractivity contribution in [3.05, 3.63) is 94.6 Å². The highest BCUT2D eigenvalue weighted by molar-refractivity contribution is 7.90. The minimum absolute atomic E-state index is 0.0432. The van der Waals surface area contributed by atoms with E-state index in [0.29, 0.717) is 11.1 Å². The Bertz CT molecular complexity index is 1400. The molecule has 2 N–H and O–H groups in total. The Balaban J connectivity index is 1.50. The quantitative estimate of drug-likeness (QED) is 0.451. The van der Waals surface area contributed by atoms with Crippen LogP contribution in [0.4, 0.5) is 29.3 Å². The summed E-state index contributed by atoms with van der Waals surface area (Å²) in [5.74, 6) is -0.193. The molecule has 0 aromatic heterocycles. The lowest BCUT2D eigenvalue weighted by atomic mass is 10.1. The SMILES string of the molecule is Cc1ccc(NC(=O)Nc2cccc(C(F)(F)F)c2)cc1S(=O)(=O)Cc1ccc2c(c1)CC=C2. The molecule has 3 aromatic rings. The Labute approximate surface area is 195 Å². The van der Waals surface area contributed by atoms with E-state index in [1.807, 2.05) is 24.3 Å². The molecule has 0 radical (unpaired) electrons. The van der Waals surface area contributed by atoms with Gasteiger partial charge in [0.25, 0.3) is 0 Å². The second-order valence-electron chi connectivity index (χ2n) is 8.04. The highest BCUT2D eigenvalue weighted by Crippen LogP contribution is 2.31. The van der Waals surface area contributed by atoms with Gasteiger partial charge in [0.2, 0.25) is 0 Å². The molecular formula is C25H21F3N2O3S. The average molecular weight is 487 g/mol. The highest BCUT2D eigenvalue weighted by atomic mass is 32.2. The van der Waals surface area contributed by atoms with Crippen LogP contribution in [0.1, 0.15) is 27.8 Å². The Morgan fingerprint density at radius 2 is 1.71 bits per heavy atom. The number of aryl methyl sites for hydroxylation is 1. The summed E-state index contributed by atoms with van der Waals surface area (Å²) in [7, 11) is -3.72. The molecule has 0 saturated heterocycles. The third-order valence-corrected chi connectivity index (χ3v) is 7.25. The largest absolute Gasteiger partial charge is 0.416 e. The number of allylic oxidation sites excluding steroid dienone is 1. The van der Waals surface area contributed by atoms with Crippen molar-refractivity contribution in [2.75, 3.05) is 10.6 Å². The molecule has 2 amide bonds. The molecular weight excluding hydrogens is 465 g/mol. The molecule has 0 heterocycles. The van der Waals surface area contributed by atoms with Crippen molar-refractivity contribution < 1.29 is 26.4 Å². The molecule has 3 aromatic carbocycles. The summed E-state index contributed by atoms with van der Waals surface area (Å²) in [6.07, 6.45) is 0.246. The molecule has 1 aliphatic rings. The number of nitrogens with one attached hydrogen (secondary N) is 2. The van der Waals surface area contributed by atoms with Crippen molar-refractivity contribution >= 4 is 33.3 Å². The van der Waals surface area contributed by atoms with Crippen molar-refractivity contribution in [3.63, 3.8) is 0 Å². The molecule has 0 saturated carbocycles. The average Bonchev–Trinajstić information content (AvgIpc) is 3.22. The van der Waals surface area contributed by atoms with Crippen LogP contribution in [-0.4, -0.2) is 14.4 Å². The number of hydrogen-bond donors (Lipinski definition) is 2. The van der Waals surface area contributed by atoms with E-state index >= 15 is 0 Å². The number of benzene rings is 3. The van der Waals surface area contributed by atoms with Gasteiger partial charge in [0, 0.05) is 11.4 Å². The normalized spacial score (nSPS) is 12.9. The van der Waals surface area contributed by atoms with E-state index in [0.717, 1.165) is 29.7 Å². The molecule has 34 heavy (non-hydrogen) atoms. The highest BCUT2D eigenvalue weighted by Gasteiger charge is 2.30. The van der Waals surface area contributed by atoms with Crippen molar-refractivity contribution in [2.45, 2.75) is 30.2 Å². The number of sulfone groups is 1. The minimum Gasteiger partial charge on any atom is -0.308 e. The maximum atomic E-state index is 13.1. The number of alkyl halides is 3. The van der Waals surface area contributed by atoms with Crippen LogP contribution in [0.5, 0.6) is 0 Å². The number of rotatable bonds is 5. The van der Waals surface area contributed by atoms with Gasteiger partial charge in [0.05, 0.1) is 16.2 Å². The van der Waals surface area contributed by atoms with Gasteiger partial charge < -0.3 is 10.6 Å². The molecule has 0 unspecified atom stereocenters. The van der Waals surface area contributed by atoms with Crippen molar-refractivity contribution in [1.82, 2.24) is 0 Å². The van der Waals surface area contributed by atoms with Crippen LogP contribution in [0.3, 0.4) is 0 Å². The third-order valence-electron chi connectivity index (χ3n) is 5.43. The monoisotopic (exact) mass is 486 g/mol. The fourth-order valence-electron chi connectivity index (χ4n) is 3.78. The summed E-state index contributed by atoms with van der Waals surface area (Å²) in [5, 5.41) is 4.82. The molecule has 0 atom stereocenters. The molecule has 0 bridgehead atoms. The Morgan fingerprint density at radius 3 is 2.44 bits per heavy atom. The minimum atomic E-state index is -4.54. The van der Waals surface area contributed by atoms with Crippen LogP contribution in [0.25, 0.3) is 6.08 Å². The van der Waals surface area contributed by atoms with Gasteiger partial charge in [-0.05, 0) is 65.9 Å². The summed E-state index contributed by atoms with van der Waals surface area (Å²) in [5.41, 5.74) is 2.61. The van der Waals surface area contributed by atoms with Crippen molar-refractivity contribution in [3.8, 4) is 0 Å². The second kappa shape index (κ2) is 8.98. The van der Waals surface area contributed by atoms with E-state index in [9.17, 15) is 26.4 Å². The first-order valence-electron chi connectivity index (χ1n) is 10.4. The van der Waals surface area contributed by atoms with Crippen LogP contribution in [0.15, 0.2) is 71.6 Å². The number of anilines is 2. The molecule has 0 aliphatic heterocycles. The van der Waals surface area contributed by atoms with E-state index < -0.39 is 27.6 Å². The van der Waals surface area contributed by atoms with Gasteiger partial charge in [0.1, 0.15) is 0 Å². The van der Waals surface area contributed by atoms with Crippen LogP contribution < -0.4 is 10.6 Å². The number of hydrogen-bond acceptors (Lipinski definition) is 3. The fourth-order valence-corrected chi connectivity index (χ4v) is 5.42. The number of carbonyl (C=O) groups excluding carboxylic acids is 1. The predicted molar refractivity (Wildman–Crippen MR) is 125 cm³/mol. The van der Waals surface area contributed by atoms with Gasteiger partial charge in [-0.25, -0.2) is 13.2 Å². The first-order valence-corrected chi connectivity index (χ1v) is 12.0. The Hall–Kier alpha value is -3.59. The number of amides is 2. The van der Waals surface area contributed by atoms with E-state index in [2.05, 4.69) is 10.6 Å².